The zero-order chi connectivity index (χ0) is 24.3. The summed E-state index contributed by atoms with van der Waals surface area (Å²) in [6, 6.07) is 10.5. The highest BCUT2D eigenvalue weighted by molar-refractivity contribution is 6.84. The second-order valence-corrected chi connectivity index (χ2v) is 13.1. The molecule has 0 aliphatic rings. The number of benzene rings is 2. The van der Waals surface area contributed by atoms with E-state index in [0.717, 1.165) is 18.2 Å². The Balaban J connectivity index is 2.22. The van der Waals surface area contributed by atoms with Gasteiger partial charge >= 0.3 is 0 Å². The summed E-state index contributed by atoms with van der Waals surface area (Å²) in [6.07, 6.45) is 0. The van der Waals surface area contributed by atoms with E-state index in [1.54, 1.807) is 6.07 Å². The Morgan fingerprint density at radius 2 is 1.64 bits per heavy atom. The van der Waals surface area contributed by atoms with Crippen LogP contribution < -0.4 is 0 Å². The van der Waals surface area contributed by atoms with Crippen molar-refractivity contribution in [3.8, 4) is 28.8 Å². The van der Waals surface area contributed by atoms with Crippen LogP contribution in [0.15, 0.2) is 48.5 Å². The zero-order valence-corrected chi connectivity index (χ0v) is 19.0. The lowest BCUT2D eigenvalue weighted by molar-refractivity contribution is -0.114. The van der Waals surface area contributed by atoms with Crippen LogP contribution in [0, 0.1) is 46.1 Å². The van der Waals surface area contributed by atoms with Crippen LogP contribution in [-0.2, 0) is 4.79 Å². The van der Waals surface area contributed by atoms with Gasteiger partial charge in [-0.2, -0.15) is 5.26 Å². The van der Waals surface area contributed by atoms with Crippen molar-refractivity contribution in [2.75, 3.05) is 0 Å². The predicted octanol–water partition coefficient (Wildman–Crippen LogP) is 5.76. The Morgan fingerprint density at radius 1 is 0.970 bits per heavy atom. The van der Waals surface area contributed by atoms with Gasteiger partial charge in [-0.1, -0.05) is 25.7 Å². The lowest BCUT2D eigenvalue weighted by Gasteiger charge is -2.17. The van der Waals surface area contributed by atoms with E-state index in [0.29, 0.717) is 6.07 Å². The molecule has 0 saturated heterocycles. The molecule has 0 bridgehead atoms. The molecule has 0 N–H and O–H groups in total. The molecule has 33 heavy (non-hydrogen) atoms. The van der Waals surface area contributed by atoms with Crippen LogP contribution >= 0.6 is 0 Å². The van der Waals surface area contributed by atoms with Crippen LogP contribution in [0.5, 0.6) is 0 Å². The Bertz CT molecular complexity index is 1320. The first-order chi connectivity index (χ1) is 15.5. The third-order valence-electron chi connectivity index (χ3n) is 4.59. The monoisotopic (exact) mass is 466 g/mol. The fourth-order valence-corrected chi connectivity index (χ4v) is 3.62. The van der Waals surface area contributed by atoms with Gasteiger partial charge in [0.1, 0.15) is 37.3 Å². The minimum Gasteiger partial charge on any atom is -0.284 e. The van der Waals surface area contributed by atoms with Gasteiger partial charge in [0.2, 0.25) is 5.78 Å². The van der Waals surface area contributed by atoms with Gasteiger partial charge in [0.15, 0.2) is 0 Å². The van der Waals surface area contributed by atoms with Gasteiger partial charge in [-0.15, -0.1) is 5.54 Å². The summed E-state index contributed by atoms with van der Waals surface area (Å²) in [5, 5.41) is 8.98. The molecule has 1 heterocycles. The second-order valence-electron chi connectivity index (χ2n) is 8.33. The first-order valence-electron chi connectivity index (χ1n) is 9.88. The molecule has 0 spiro atoms. The second kappa shape index (κ2) is 9.39. The Labute approximate surface area is 189 Å². The normalized spacial score (nSPS) is 11.8. The highest BCUT2D eigenvalue weighted by Gasteiger charge is 2.30. The molecule has 0 aliphatic carbocycles. The van der Waals surface area contributed by atoms with Gasteiger partial charge in [-0.25, -0.2) is 17.6 Å². The number of rotatable bonds is 4. The third kappa shape index (κ3) is 5.54. The highest BCUT2D eigenvalue weighted by atomic mass is 28.3. The highest BCUT2D eigenvalue weighted by Crippen LogP contribution is 2.32. The average Bonchev–Trinajstić information content (AvgIpc) is 2.74. The lowest BCUT2D eigenvalue weighted by atomic mass is 9.89. The van der Waals surface area contributed by atoms with Gasteiger partial charge in [0.05, 0.1) is 23.0 Å². The first kappa shape index (κ1) is 23.9. The fourth-order valence-electron chi connectivity index (χ4n) is 3.12. The van der Waals surface area contributed by atoms with Crippen molar-refractivity contribution in [1.29, 1.82) is 5.26 Å². The number of nitriles is 1. The molecule has 0 amide bonds. The molecule has 2 aromatic carbocycles. The van der Waals surface area contributed by atoms with Crippen molar-refractivity contribution in [2.45, 2.75) is 25.6 Å². The van der Waals surface area contributed by atoms with Crippen molar-refractivity contribution in [3.63, 3.8) is 0 Å². The summed E-state index contributed by atoms with van der Waals surface area (Å²) in [5.74, 6) is -3.69. The number of pyridine rings is 1. The van der Waals surface area contributed by atoms with E-state index in [1.807, 2.05) is 19.6 Å². The molecule has 3 rings (SSSR count). The Morgan fingerprint density at radius 3 is 2.21 bits per heavy atom. The minimum absolute atomic E-state index is 0.0431. The van der Waals surface area contributed by atoms with Crippen molar-refractivity contribution in [2.24, 2.45) is 0 Å². The molecular weight excluding hydrogens is 448 g/mol. The van der Waals surface area contributed by atoms with E-state index in [9.17, 15) is 22.4 Å². The Kier molecular flexibility index (Phi) is 6.80. The van der Waals surface area contributed by atoms with Crippen LogP contribution in [0.4, 0.5) is 17.6 Å². The summed E-state index contributed by atoms with van der Waals surface area (Å²) in [7, 11) is -2.00. The van der Waals surface area contributed by atoms with E-state index in [2.05, 4.69) is 16.4 Å². The maximum atomic E-state index is 14.9. The number of carbonyl (C=O) groups excluding carboxylic acids is 1. The van der Waals surface area contributed by atoms with Gasteiger partial charge in [0, 0.05) is 17.2 Å². The van der Waals surface area contributed by atoms with Gasteiger partial charge in [0.25, 0.3) is 0 Å². The Hall–Kier alpha value is -3.75. The predicted molar refractivity (Wildman–Crippen MR) is 119 cm³/mol. The maximum absolute atomic E-state index is 14.9. The average molecular weight is 467 g/mol. The van der Waals surface area contributed by atoms with E-state index in [1.165, 1.54) is 24.3 Å². The van der Waals surface area contributed by atoms with Crippen LogP contribution in [0.25, 0.3) is 11.3 Å². The number of aromatic nitrogens is 1. The van der Waals surface area contributed by atoms with Gasteiger partial charge < -0.3 is 0 Å². The summed E-state index contributed by atoms with van der Waals surface area (Å²) < 4.78 is 57.4. The molecule has 0 saturated carbocycles. The topological polar surface area (TPSA) is 53.8 Å². The van der Waals surface area contributed by atoms with E-state index in [-0.39, 0.29) is 22.5 Å². The largest absolute Gasteiger partial charge is 0.284 e. The van der Waals surface area contributed by atoms with E-state index in [4.69, 9.17) is 5.26 Å². The van der Waals surface area contributed by atoms with Gasteiger partial charge in [-0.05, 0) is 42.3 Å². The standard InChI is InChI=1S/C25H18F4N2OSi/c1-33(2,3)10-9-23(32)25(24-19(28)11-15(14-30)12-20(24)29)22-6-4-5-21(31-22)17-8-7-16(26)13-18(17)27/h4-8,11-13,25H,1-3H3. The number of nitrogens with zero attached hydrogens (tertiary/aromatic N) is 2. The van der Waals surface area contributed by atoms with Crippen molar-refractivity contribution in [1.82, 2.24) is 4.98 Å². The molecule has 8 heteroatoms. The SMILES string of the molecule is C[Si](C)(C)C#CC(=O)C(c1cccc(-c2ccc(F)cc2F)n1)c1c(F)cc(C#N)cc1F. The fraction of sp³-hybridized carbons (Fsp3) is 0.160. The minimum atomic E-state index is -2.00. The summed E-state index contributed by atoms with van der Waals surface area (Å²) in [6.45, 7) is 5.71. The number of Topliss-reactive ketones (excluding diaryl/α,β-unsaturated/α-hetero) is 1. The molecule has 0 radical (unpaired) electrons. The summed E-state index contributed by atoms with van der Waals surface area (Å²) in [5.41, 5.74) is 1.97. The van der Waals surface area contributed by atoms with Crippen LogP contribution in [-0.4, -0.2) is 18.8 Å². The van der Waals surface area contributed by atoms with E-state index >= 15 is 0 Å². The number of hydrogen-bond acceptors (Lipinski definition) is 3. The quantitative estimate of drug-likeness (QED) is 0.279. The van der Waals surface area contributed by atoms with Crippen LogP contribution in [0.2, 0.25) is 19.6 Å². The van der Waals surface area contributed by atoms with E-state index < -0.39 is 48.6 Å². The number of carbonyl (C=O) groups is 1. The number of hydrogen-bond donors (Lipinski definition) is 0. The molecule has 166 valence electrons. The molecule has 0 fully saturated rings. The number of ketones is 1. The number of halogens is 4. The molecule has 3 aromatic rings. The van der Waals surface area contributed by atoms with Crippen molar-refractivity contribution >= 4 is 13.9 Å². The maximum Gasteiger partial charge on any atom is 0.218 e. The van der Waals surface area contributed by atoms with Crippen molar-refractivity contribution in [3.05, 3.63) is 88.6 Å². The smallest absolute Gasteiger partial charge is 0.218 e. The summed E-state index contributed by atoms with van der Waals surface area (Å²) >= 11 is 0. The van der Waals surface area contributed by atoms with Crippen LogP contribution in [0.1, 0.15) is 22.7 Å². The van der Waals surface area contributed by atoms with Gasteiger partial charge in [-0.3, -0.25) is 9.78 Å². The lowest BCUT2D eigenvalue weighted by Crippen LogP contribution is -2.21. The summed E-state index contributed by atoms with van der Waals surface area (Å²) in [4.78, 5) is 17.4. The molecule has 1 aromatic heterocycles. The molecule has 3 nitrogen and oxygen atoms in total. The van der Waals surface area contributed by atoms with Crippen LogP contribution in [0.3, 0.4) is 0 Å². The molecule has 1 atom stereocenters. The molecular formula is C25H18F4N2OSi. The molecule has 0 aliphatic heterocycles. The molecule has 1 unspecified atom stereocenters. The third-order valence-corrected chi connectivity index (χ3v) is 5.47. The van der Waals surface area contributed by atoms with Crippen molar-refractivity contribution < 1.29 is 22.4 Å². The first-order valence-corrected chi connectivity index (χ1v) is 13.4. The zero-order valence-electron chi connectivity index (χ0n) is 18.0.